The van der Waals surface area contributed by atoms with Crippen LogP contribution in [0.2, 0.25) is 0 Å². The Morgan fingerprint density at radius 2 is 1.57 bits per heavy atom. The summed E-state index contributed by atoms with van der Waals surface area (Å²) in [5.41, 5.74) is 4.59. The molecule has 0 aliphatic heterocycles. The fourth-order valence-corrected chi connectivity index (χ4v) is 2.74. The van der Waals surface area contributed by atoms with E-state index >= 15 is 0 Å². The van der Waals surface area contributed by atoms with Crippen molar-refractivity contribution in [2.45, 2.75) is 19.8 Å². The summed E-state index contributed by atoms with van der Waals surface area (Å²) in [6.07, 6.45) is 2.23. The highest BCUT2D eigenvalue weighted by Gasteiger charge is 2.29. The second kappa shape index (κ2) is 5.96. The van der Waals surface area contributed by atoms with E-state index in [4.69, 9.17) is 0 Å². The highest BCUT2D eigenvalue weighted by atomic mass is 16.1. The first-order valence-electron chi connectivity index (χ1n) is 7.50. The third kappa shape index (κ3) is 2.49. The number of benzene rings is 2. The molecular weight excluding hydrogens is 258 g/mol. The maximum atomic E-state index is 12.7. The monoisotopic (exact) mass is 277 g/mol. The number of unbranched alkanes of at least 4 members (excludes halogenated alkanes) is 1. The van der Waals surface area contributed by atoms with Gasteiger partial charge in [-0.3, -0.25) is 4.79 Å². The molecule has 1 aliphatic carbocycles. The molecule has 0 amide bonds. The van der Waals surface area contributed by atoms with Crippen molar-refractivity contribution in [3.05, 3.63) is 71.3 Å². The van der Waals surface area contributed by atoms with E-state index in [9.17, 15) is 4.79 Å². The van der Waals surface area contributed by atoms with E-state index in [0.717, 1.165) is 47.3 Å². The van der Waals surface area contributed by atoms with E-state index in [0.29, 0.717) is 0 Å². The van der Waals surface area contributed by atoms with E-state index < -0.39 is 0 Å². The van der Waals surface area contributed by atoms with Crippen LogP contribution in [0.25, 0.3) is 11.3 Å². The zero-order chi connectivity index (χ0) is 14.7. The van der Waals surface area contributed by atoms with Crippen LogP contribution in [0.4, 0.5) is 0 Å². The van der Waals surface area contributed by atoms with Crippen molar-refractivity contribution in [3.63, 3.8) is 0 Å². The topological polar surface area (TPSA) is 29.1 Å². The molecule has 2 aromatic carbocycles. The number of Topliss-reactive ketones (excluding diaryl/α,β-unsaturated/α-hetero) is 1. The maximum Gasteiger partial charge on any atom is 0.196 e. The summed E-state index contributed by atoms with van der Waals surface area (Å²) >= 11 is 0. The average Bonchev–Trinajstić information content (AvgIpc) is 2.82. The fourth-order valence-electron chi connectivity index (χ4n) is 2.74. The van der Waals surface area contributed by atoms with Gasteiger partial charge in [0, 0.05) is 17.7 Å². The predicted molar refractivity (Wildman–Crippen MR) is 86.9 cm³/mol. The lowest BCUT2D eigenvalue weighted by atomic mass is 10.0. The van der Waals surface area contributed by atoms with Crippen LogP contribution in [0.5, 0.6) is 0 Å². The van der Waals surface area contributed by atoms with Crippen LogP contribution in [0, 0.1) is 0 Å². The highest BCUT2D eigenvalue weighted by molar-refractivity contribution is 6.39. The molecule has 21 heavy (non-hydrogen) atoms. The number of allylic oxidation sites excluding steroid dienone is 1. The van der Waals surface area contributed by atoms with Gasteiger partial charge in [0.2, 0.25) is 0 Å². The van der Waals surface area contributed by atoms with Crippen molar-refractivity contribution in [1.29, 1.82) is 0 Å². The van der Waals surface area contributed by atoms with Crippen LogP contribution < -0.4 is 5.32 Å². The van der Waals surface area contributed by atoms with E-state index in [-0.39, 0.29) is 5.78 Å². The molecule has 1 aliphatic rings. The Morgan fingerprint density at radius 3 is 2.29 bits per heavy atom. The van der Waals surface area contributed by atoms with Gasteiger partial charge >= 0.3 is 0 Å². The Hall–Kier alpha value is -2.35. The van der Waals surface area contributed by atoms with Gasteiger partial charge in [-0.1, -0.05) is 67.9 Å². The lowest BCUT2D eigenvalue weighted by molar-refractivity contribution is 0.105. The largest absolute Gasteiger partial charge is 0.384 e. The molecule has 0 atom stereocenters. The molecule has 1 N–H and O–H groups in total. The molecule has 0 saturated heterocycles. The Labute approximate surface area is 125 Å². The van der Waals surface area contributed by atoms with Crippen LogP contribution in [-0.2, 0) is 0 Å². The van der Waals surface area contributed by atoms with Crippen molar-refractivity contribution >= 4 is 17.1 Å². The molecule has 2 aromatic rings. The second-order valence-electron chi connectivity index (χ2n) is 5.27. The molecule has 3 rings (SSSR count). The predicted octanol–water partition coefficient (Wildman–Crippen LogP) is 4.14. The minimum atomic E-state index is 0.121. The van der Waals surface area contributed by atoms with Gasteiger partial charge in [-0.25, -0.2) is 0 Å². The SMILES string of the molecule is CCCCNC1=C(c2ccccc2)C(=O)c2ccccc21. The van der Waals surface area contributed by atoms with Gasteiger partial charge in [-0.2, -0.15) is 0 Å². The van der Waals surface area contributed by atoms with Crippen molar-refractivity contribution in [1.82, 2.24) is 5.32 Å². The van der Waals surface area contributed by atoms with E-state index in [2.05, 4.69) is 12.2 Å². The van der Waals surface area contributed by atoms with Gasteiger partial charge in [0.05, 0.1) is 11.3 Å². The molecule has 2 heteroatoms. The van der Waals surface area contributed by atoms with Crippen LogP contribution >= 0.6 is 0 Å². The summed E-state index contributed by atoms with van der Waals surface area (Å²) in [6.45, 7) is 3.06. The molecule has 2 nitrogen and oxygen atoms in total. The zero-order valence-electron chi connectivity index (χ0n) is 12.2. The number of nitrogens with one attached hydrogen (secondary N) is 1. The minimum Gasteiger partial charge on any atom is -0.384 e. The highest BCUT2D eigenvalue weighted by Crippen LogP contribution is 2.36. The third-order valence-corrected chi connectivity index (χ3v) is 3.81. The number of fused-ring (bicyclic) bond motifs is 1. The van der Waals surface area contributed by atoms with Gasteiger partial charge in [-0.05, 0) is 12.0 Å². The fraction of sp³-hybridized carbons (Fsp3) is 0.211. The third-order valence-electron chi connectivity index (χ3n) is 3.81. The molecule has 106 valence electrons. The summed E-state index contributed by atoms with van der Waals surface area (Å²) in [5, 5.41) is 3.48. The average molecular weight is 277 g/mol. The molecule has 0 unspecified atom stereocenters. The number of hydrogen-bond donors (Lipinski definition) is 1. The number of carbonyl (C=O) groups is 1. The van der Waals surface area contributed by atoms with E-state index in [1.807, 2.05) is 54.6 Å². The Balaban J connectivity index is 2.07. The standard InChI is InChI=1S/C19H19NO/c1-2-3-13-20-18-15-11-7-8-12-16(15)19(21)17(18)14-9-5-4-6-10-14/h4-12,20H,2-3,13H2,1H3. The van der Waals surface area contributed by atoms with Gasteiger partial charge < -0.3 is 5.32 Å². The van der Waals surface area contributed by atoms with E-state index in [1.54, 1.807) is 0 Å². The maximum absolute atomic E-state index is 12.7. The van der Waals surface area contributed by atoms with Crippen molar-refractivity contribution in [2.75, 3.05) is 6.54 Å². The van der Waals surface area contributed by atoms with Crippen molar-refractivity contribution < 1.29 is 4.79 Å². The smallest absolute Gasteiger partial charge is 0.196 e. The summed E-state index contributed by atoms with van der Waals surface area (Å²) in [5.74, 6) is 0.121. The first kappa shape index (κ1) is 13.6. The zero-order valence-corrected chi connectivity index (χ0v) is 12.2. The van der Waals surface area contributed by atoms with Crippen LogP contribution in [0.1, 0.15) is 41.3 Å². The molecule has 0 saturated carbocycles. The quantitative estimate of drug-likeness (QED) is 0.832. The molecule has 0 radical (unpaired) electrons. The molecule has 0 bridgehead atoms. The molecule has 0 heterocycles. The minimum absolute atomic E-state index is 0.121. The Kier molecular flexibility index (Phi) is 3.87. The first-order chi connectivity index (χ1) is 10.3. The normalized spacial score (nSPS) is 13.5. The lowest BCUT2D eigenvalue weighted by Crippen LogP contribution is -2.14. The Bertz CT molecular complexity index is 686. The number of carbonyl (C=O) groups excluding carboxylic acids is 1. The summed E-state index contributed by atoms with van der Waals surface area (Å²) in [6, 6.07) is 17.8. The van der Waals surface area contributed by atoms with Crippen molar-refractivity contribution in [3.8, 4) is 0 Å². The summed E-state index contributed by atoms with van der Waals surface area (Å²) in [7, 11) is 0. The Morgan fingerprint density at radius 1 is 0.905 bits per heavy atom. The first-order valence-corrected chi connectivity index (χ1v) is 7.50. The summed E-state index contributed by atoms with van der Waals surface area (Å²) in [4.78, 5) is 12.7. The number of rotatable bonds is 5. The molecule has 0 aromatic heterocycles. The van der Waals surface area contributed by atoms with Crippen LogP contribution in [0.15, 0.2) is 54.6 Å². The van der Waals surface area contributed by atoms with Gasteiger partial charge in [0.25, 0.3) is 0 Å². The van der Waals surface area contributed by atoms with Crippen molar-refractivity contribution in [2.24, 2.45) is 0 Å². The lowest BCUT2D eigenvalue weighted by Gasteiger charge is -2.11. The molecular formula is C19H19NO. The molecule has 0 spiro atoms. The number of hydrogen-bond acceptors (Lipinski definition) is 2. The van der Waals surface area contributed by atoms with Crippen LogP contribution in [0.3, 0.4) is 0 Å². The number of ketones is 1. The van der Waals surface area contributed by atoms with Gasteiger partial charge in [0.1, 0.15) is 0 Å². The van der Waals surface area contributed by atoms with Gasteiger partial charge in [0.15, 0.2) is 5.78 Å². The summed E-state index contributed by atoms with van der Waals surface area (Å²) < 4.78 is 0. The second-order valence-corrected chi connectivity index (χ2v) is 5.27. The van der Waals surface area contributed by atoms with Crippen LogP contribution in [-0.4, -0.2) is 12.3 Å². The van der Waals surface area contributed by atoms with E-state index in [1.165, 1.54) is 0 Å². The molecule has 0 fully saturated rings. The van der Waals surface area contributed by atoms with Gasteiger partial charge in [-0.15, -0.1) is 0 Å².